The molecule has 1 atom stereocenters. The molecule has 0 aliphatic carbocycles. The molecule has 2 heterocycles. The van der Waals surface area contributed by atoms with E-state index < -0.39 is 0 Å². The number of nitrogens with zero attached hydrogens (tertiary/aromatic N) is 1. The summed E-state index contributed by atoms with van der Waals surface area (Å²) in [5, 5.41) is 7.88. The van der Waals surface area contributed by atoms with Crippen LogP contribution in [0.2, 0.25) is 0 Å². The Kier molecular flexibility index (Phi) is 3.94. The van der Waals surface area contributed by atoms with Gasteiger partial charge in [-0.05, 0) is 30.5 Å². The Bertz CT molecular complexity index is 525. The molecule has 2 aromatic rings. The maximum Gasteiger partial charge on any atom is 0.251 e. The largest absolute Gasteiger partial charge is 0.373 e. The standard InChI is InChI=1S/C13H15N3OS/c1-9(11-4-3-7-18-11)16-13(17)10-5-6-15-12(8-10)14-2/h3-9H,1-2H3,(H,14,15)(H,16,17). The van der Waals surface area contributed by atoms with Gasteiger partial charge in [0.25, 0.3) is 5.91 Å². The lowest BCUT2D eigenvalue weighted by molar-refractivity contribution is 0.0940. The molecule has 0 aliphatic rings. The number of amides is 1. The number of aromatic nitrogens is 1. The number of anilines is 1. The van der Waals surface area contributed by atoms with Crippen LogP contribution in [-0.2, 0) is 0 Å². The first-order valence-corrected chi connectivity index (χ1v) is 6.56. The zero-order valence-electron chi connectivity index (χ0n) is 10.3. The minimum Gasteiger partial charge on any atom is -0.373 e. The number of rotatable bonds is 4. The SMILES string of the molecule is CNc1cc(C(=O)NC(C)c2cccs2)ccn1. The molecule has 2 aromatic heterocycles. The average molecular weight is 261 g/mol. The van der Waals surface area contributed by atoms with Gasteiger partial charge in [-0.3, -0.25) is 4.79 Å². The van der Waals surface area contributed by atoms with Crippen molar-refractivity contribution < 1.29 is 4.79 Å². The van der Waals surface area contributed by atoms with Crippen molar-refractivity contribution in [1.29, 1.82) is 0 Å². The van der Waals surface area contributed by atoms with Crippen LogP contribution in [-0.4, -0.2) is 17.9 Å². The molecule has 94 valence electrons. The molecule has 1 amide bonds. The van der Waals surface area contributed by atoms with Gasteiger partial charge >= 0.3 is 0 Å². The summed E-state index contributed by atoms with van der Waals surface area (Å²) in [5.74, 6) is 0.598. The van der Waals surface area contributed by atoms with Crippen molar-refractivity contribution in [2.45, 2.75) is 13.0 Å². The van der Waals surface area contributed by atoms with E-state index in [0.717, 1.165) is 4.88 Å². The molecule has 0 fully saturated rings. The average Bonchev–Trinajstić information content (AvgIpc) is 2.92. The van der Waals surface area contributed by atoms with E-state index in [1.54, 1.807) is 36.7 Å². The summed E-state index contributed by atoms with van der Waals surface area (Å²) in [5.41, 5.74) is 0.609. The zero-order valence-corrected chi connectivity index (χ0v) is 11.1. The molecule has 0 radical (unpaired) electrons. The van der Waals surface area contributed by atoms with Crippen molar-refractivity contribution in [2.24, 2.45) is 0 Å². The monoisotopic (exact) mass is 261 g/mol. The highest BCUT2D eigenvalue weighted by atomic mass is 32.1. The van der Waals surface area contributed by atoms with E-state index in [0.29, 0.717) is 11.4 Å². The van der Waals surface area contributed by atoms with Crippen molar-refractivity contribution in [3.63, 3.8) is 0 Å². The molecule has 0 aromatic carbocycles. The number of nitrogens with one attached hydrogen (secondary N) is 2. The van der Waals surface area contributed by atoms with Gasteiger partial charge in [0.1, 0.15) is 5.82 Å². The predicted molar refractivity (Wildman–Crippen MR) is 74.0 cm³/mol. The van der Waals surface area contributed by atoms with E-state index in [1.807, 2.05) is 24.4 Å². The number of thiophene rings is 1. The maximum absolute atomic E-state index is 12.1. The molecule has 0 saturated carbocycles. The molecule has 1 unspecified atom stereocenters. The van der Waals surface area contributed by atoms with Gasteiger partial charge in [0, 0.05) is 23.7 Å². The van der Waals surface area contributed by atoms with E-state index >= 15 is 0 Å². The van der Waals surface area contributed by atoms with Crippen LogP contribution < -0.4 is 10.6 Å². The van der Waals surface area contributed by atoms with Gasteiger partial charge in [-0.25, -0.2) is 4.98 Å². The summed E-state index contributed by atoms with van der Waals surface area (Å²) in [6.07, 6.45) is 1.62. The van der Waals surface area contributed by atoms with E-state index in [1.165, 1.54) is 0 Å². The minimum absolute atomic E-state index is 0.0173. The van der Waals surface area contributed by atoms with Gasteiger partial charge in [0.15, 0.2) is 0 Å². The second-order valence-electron chi connectivity index (χ2n) is 3.89. The minimum atomic E-state index is -0.0881. The van der Waals surface area contributed by atoms with E-state index in [9.17, 15) is 4.79 Å². The lowest BCUT2D eigenvalue weighted by Gasteiger charge is -2.12. The molecule has 4 nitrogen and oxygen atoms in total. The number of hydrogen-bond donors (Lipinski definition) is 2. The van der Waals surface area contributed by atoms with Gasteiger partial charge in [-0.15, -0.1) is 11.3 Å². The van der Waals surface area contributed by atoms with Crippen molar-refractivity contribution >= 4 is 23.1 Å². The van der Waals surface area contributed by atoms with Crippen LogP contribution in [0.4, 0.5) is 5.82 Å². The highest BCUT2D eigenvalue weighted by Crippen LogP contribution is 2.18. The first-order chi connectivity index (χ1) is 8.70. The summed E-state index contributed by atoms with van der Waals surface area (Å²) in [6.45, 7) is 1.98. The maximum atomic E-state index is 12.1. The molecular formula is C13H15N3OS. The number of pyridine rings is 1. The van der Waals surface area contributed by atoms with Crippen LogP contribution in [0.15, 0.2) is 35.8 Å². The Balaban J connectivity index is 2.07. The van der Waals surface area contributed by atoms with Gasteiger partial charge in [0.05, 0.1) is 6.04 Å². The number of hydrogen-bond acceptors (Lipinski definition) is 4. The molecule has 2 rings (SSSR count). The van der Waals surface area contributed by atoms with Crippen LogP contribution in [0.1, 0.15) is 28.2 Å². The third-order valence-electron chi connectivity index (χ3n) is 2.60. The van der Waals surface area contributed by atoms with Crippen LogP contribution in [0.3, 0.4) is 0 Å². The van der Waals surface area contributed by atoms with Gasteiger partial charge in [0.2, 0.25) is 0 Å². The molecule has 18 heavy (non-hydrogen) atoms. The predicted octanol–water partition coefficient (Wildman–Crippen LogP) is 2.68. The second-order valence-corrected chi connectivity index (χ2v) is 4.87. The molecule has 0 saturated heterocycles. The van der Waals surface area contributed by atoms with Crippen LogP contribution in [0, 0.1) is 0 Å². The van der Waals surface area contributed by atoms with E-state index in [4.69, 9.17) is 0 Å². The van der Waals surface area contributed by atoms with Crippen LogP contribution in [0.5, 0.6) is 0 Å². The smallest absolute Gasteiger partial charge is 0.251 e. The number of carbonyl (C=O) groups excluding carboxylic acids is 1. The summed E-state index contributed by atoms with van der Waals surface area (Å²) in [4.78, 5) is 17.3. The first kappa shape index (κ1) is 12.6. The van der Waals surface area contributed by atoms with Gasteiger partial charge in [-0.1, -0.05) is 6.07 Å². The van der Waals surface area contributed by atoms with E-state index in [2.05, 4.69) is 15.6 Å². The van der Waals surface area contributed by atoms with Crippen molar-refractivity contribution in [3.05, 3.63) is 46.3 Å². The summed E-state index contributed by atoms with van der Waals surface area (Å²) in [6, 6.07) is 7.45. The fourth-order valence-electron chi connectivity index (χ4n) is 1.60. The summed E-state index contributed by atoms with van der Waals surface area (Å²) < 4.78 is 0. The van der Waals surface area contributed by atoms with Gasteiger partial charge < -0.3 is 10.6 Å². The number of carbonyl (C=O) groups is 1. The quantitative estimate of drug-likeness (QED) is 0.889. The second kappa shape index (κ2) is 5.64. The highest BCUT2D eigenvalue weighted by Gasteiger charge is 2.12. The Morgan fingerprint density at radius 2 is 2.28 bits per heavy atom. The van der Waals surface area contributed by atoms with Crippen LogP contribution >= 0.6 is 11.3 Å². The molecular weight excluding hydrogens is 246 g/mol. The van der Waals surface area contributed by atoms with Gasteiger partial charge in [-0.2, -0.15) is 0 Å². The normalized spacial score (nSPS) is 11.9. The zero-order chi connectivity index (χ0) is 13.0. The Morgan fingerprint density at radius 1 is 1.44 bits per heavy atom. The van der Waals surface area contributed by atoms with Crippen molar-refractivity contribution in [3.8, 4) is 0 Å². The summed E-state index contributed by atoms with van der Waals surface area (Å²) in [7, 11) is 1.78. The van der Waals surface area contributed by atoms with Crippen LogP contribution in [0.25, 0.3) is 0 Å². The Hall–Kier alpha value is -1.88. The lowest BCUT2D eigenvalue weighted by atomic mass is 10.2. The molecule has 0 spiro atoms. The fourth-order valence-corrected chi connectivity index (χ4v) is 2.33. The fraction of sp³-hybridized carbons (Fsp3) is 0.231. The summed E-state index contributed by atoms with van der Waals surface area (Å²) >= 11 is 1.64. The van der Waals surface area contributed by atoms with Crippen molar-refractivity contribution in [1.82, 2.24) is 10.3 Å². The molecule has 5 heteroatoms. The Labute approximate surface area is 110 Å². The molecule has 0 bridgehead atoms. The topological polar surface area (TPSA) is 54.0 Å². The third-order valence-corrected chi connectivity index (χ3v) is 3.65. The molecule has 2 N–H and O–H groups in total. The lowest BCUT2D eigenvalue weighted by Crippen LogP contribution is -2.26. The first-order valence-electron chi connectivity index (χ1n) is 5.69. The van der Waals surface area contributed by atoms with Crippen molar-refractivity contribution in [2.75, 3.05) is 12.4 Å². The van der Waals surface area contributed by atoms with E-state index in [-0.39, 0.29) is 11.9 Å². The third kappa shape index (κ3) is 2.87. The molecule has 0 aliphatic heterocycles. The highest BCUT2D eigenvalue weighted by molar-refractivity contribution is 7.10. The Morgan fingerprint density at radius 3 is 2.94 bits per heavy atom.